The van der Waals surface area contributed by atoms with E-state index in [-0.39, 0.29) is 5.56 Å². The quantitative estimate of drug-likeness (QED) is 0.515. The third-order valence-electron chi connectivity index (χ3n) is 6.19. The molecule has 1 fully saturated rings. The lowest BCUT2D eigenvalue weighted by Gasteiger charge is -2.31. The van der Waals surface area contributed by atoms with Crippen molar-refractivity contribution in [3.63, 3.8) is 0 Å². The first-order valence-corrected chi connectivity index (χ1v) is 11.9. The molecule has 2 aromatic carbocycles. The van der Waals surface area contributed by atoms with Crippen LogP contribution in [0.4, 0.5) is 0 Å². The Hall–Kier alpha value is -2.64. The molecule has 3 heterocycles. The highest BCUT2D eigenvalue weighted by Crippen LogP contribution is 2.27. The van der Waals surface area contributed by atoms with Crippen LogP contribution in [0.25, 0.3) is 21.8 Å². The highest BCUT2D eigenvalue weighted by atomic mass is 32.2. The first-order valence-electron chi connectivity index (χ1n) is 10.8. The molecule has 31 heavy (non-hydrogen) atoms. The summed E-state index contributed by atoms with van der Waals surface area (Å²) in [5.41, 5.74) is 4.18. The zero-order valence-corrected chi connectivity index (χ0v) is 18.8. The van der Waals surface area contributed by atoms with Gasteiger partial charge in [0.15, 0.2) is 0 Å². The number of likely N-dealkylation sites (tertiary alicyclic amines) is 1. The number of hydrogen-bond donors (Lipinski definition) is 1. The molecule has 7 heteroatoms. The standard InChI is InChI=1S/C24H27N5OS/c1-16-6-5-8-19-23(16)25-22(26-24(19)30)15-31-17-10-12-29(13-11-17)14-20-18-7-3-4-9-21(18)28(2)27-20/h3-9,17H,10-15H2,1-2H3,(H,25,26,30). The Balaban J connectivity index is 1.19. The minimum absolute atomic E-state index is 0.0401. The minimum atomic E-state index is -0.0401. The molecule has 6 nitrogen and oxygen atoms in total. The number of hydrogen-bond acceptors (Lipinski definition) is 5. The molecule has 0 atom stereocenters. The van der Waals surface area contributed by atoms with Crippen molar-refractivity contribution in [2.24, 2.45) is 7.05 Å². The molecule has 1 saturated heterocycles. The van der Waals surface area contributed by atoms with Crippen LogP contribution >= 0.6 is 11.8 Å². The number of fused-ring (bicyclic) bond motifs is 2. The maximum absolute atomic E-state index is 12.4. The molecule has 0 unspecified atom stereocenters. The normalized spacial score (nSPS) is 15.8. The Morgan fingerprint density at radius 3 is 2.71 bits per heavy atom. The Morgan fingerprint density at radius 1 is 1.10 bits per heavy atom. The van der Waals surface area contributed by atoms with Crippen molar-refractivity contribution in [1.29, 1.82) is 0 Å². The Morgan fingerprint density at radius 2 is 1.87 bits per heavy atom. The minimum Gasteiger partial charge on any atom is -0.309 e. The van der Waals surface area contributed by atoms with Crippen LogP contribution in [0, 0.1) is 6.92 Å². The Kier molecular flexibility index (Phi) is 5.54. The van der Waals surface area contributed by atoms with Crippen LogP contribution in [-0.4, -0.2) is 43.0 Å². The second-order valence-electron chi connectivity index (χ2n) is 8.36. The number of piperidine rings is 1. The van der Waals surface area contributed by atoms with Gasteiger partial charge in [0.2, 0.25) is 0 Å². The van der Waals surface area contributed by atoms with E-state index in [2.05, 4.69) is 34.1 Å². The zero-order chi connectivity index (χ0) is 21.4. The van der Waals surface area contributed by atoms with Gasteiger partial charge in [-0.3, -0.25) is 14.4 Å². The summed E-state index contributed by atoms with van der Waals surface area (Å²) in [4.78, 5) is 22.6. The van der Waals surface area contributed by atoms with E-state index in [0.29, 0.717) is 10.6 Å². The summed E-state index contributed by atoms with van der Waals surface area (Å²) in [6, 6.07) is 14.2. The molecule has 4 aromatic rings. The van der Waals surface area contributed by atoms with Crippen molar-refractivity contribution in [3.8, 4) is 0 Å². The molecule has 0 radical (unpaired) electrons. The number of thioether (sulfide) groups is 1. The number of benzene rings is 2. The smallest absolute Gasteiger partial charge is 0.258 e. The van der Waals surface area contributed by atoms with Crippen molar-refractivity contribution < 1.29 is 0 Å². The van der Waals surface area contributed by atoms with Crippen LogP contribution in [0.2, 0.25) is 0 Å². The fourth-order valence-corrected chi connectivity index (χ4v) is 5.54. The number of nitrogens with one attached hydrogen (secondary N) is 1. The zero-order valence-electron chi connectivity index (χ0n) is 18.0. The number of aromatic nitrogens is 4. The molecule has 5 rings (SSSR count). The lowest BCUT2D eigenvalue weighted by molar-refractivity contribution is 0.222. The number of aryl methyl sites for hydroxylation is 2. The maximum atomic E-state index is 12.4. The van der Waals surface area contributed by atoms with Gasteiger partial charge in [0.25, 0.3) is 5.56 Å². The molecular weight excluding hydrogens is 406 g/mol. The lowest BCUT2D eigenvalue weighted by atomic mass is 10.1. The highest BCUT2D eigenvalue weighted by Gasteiger charge is 2.21. The molecule has 0 spiro atoms. The van der Waals surface area contributed by atoms with Gasteiger partial charge in [-0.1, -0.05) is 30.3 Å². The fourth-order valence-electron chi connectivity index (χ4n) is 4.47. The van der Waals surface area contributed by atoms with Gasteiger partial charge in [0.1, 0.15) is 5.82 Å². The molecule has 1 N–H and O–H groups in total. The molecule has 0 bridgehead atoms. The molecule has 2 aromatic heterocycles. The first kappa shape index (κ1) is 20.3. The third kappa shape index (κ3) is 4.12. The summed E-state index contributed by atoms with van der Waals surface area (Å²) in [6.45, 7) is 5.05. The molecule has 0 saturated carbocycles. The molecule has 0 amide bonds. The summed E-state index contributed by atoms with van der Waals surface area (Å²) in [7, 11) is 2.02. The van der Waals surface area contributed by atoms with Crippen LogP contribution in [0.1, 0.15) is 29.9 Å². The van der Waals surface area contributed by atoms with E-state index in [1.807, 2.05) is 48.6 Å². The summed E-state index contributed by atoms with van der Waals surface area (Å²) in [6.07, 6.45) is 2.29. The largest absolute Gasteiger partial charge is 0.309 e. The molecule has 1 aliphatic rings. The molecule has 0 aliphatic carbocycles. The number of nitrogens with zero attached hydrogens (tertiary/aromatic N) is 4. The summed E-state index contributed by atoms with van der Waals surface area (Å²) in [5.74, 6) is 1.52. The molecular formula is C24H27N5OS. The van der Waals surface area contributed by atoms with Crippen LogP contribution in [-0.2, 0) is 19.3 Å². The SMILES string of the molecule is Cc1cccc2c(=O)[nH]c(CSC3CCN(Cc4nn(C)c5ccccc45)CC3)nc12. The van der Waals surface area contributed by atoms with Gasteiger partial charge in [-0.15, -0.1) is 0 Å². The van der Waals surface area contributed by atoms with Gasteiger partial charge in [-0.2, -0.15) is 16.9 Å². The average molecular weight is 434 g/mol. The third-order valence-corrected chi connectivity index (χ3v) is 7.57. The topological polar surface area (TPSA) is 66.8 Å². The van der Waals surface area contributed by atoms with Gasteiger partial charge in [-0.05, 0) is 50.6 Å². The first-order chi connectivity index (χ1) is 15.1. The Bertz CT molecular complexity index is 1290. The van der Waals surface area contributed by atoms with Crippen molar-refractivity contribution in [2.45, 2.75) is 37.3 Å². The van der Waals surface area contributed by atoms with Crippen LogP contribution < -0.4 is 5.56 Å². The molecule has 1 aliphatic heterocycles. The van der Waals surface area contributed by atoms with E-state index >= 15 is 0 Å². The van der Waals surface area contributed by atoms with Crippen molar-refractivity contribution >= 4 is 33.6 Å². The second-order valence-corrected chi connectivity index (χ2v) is 9.65. The van der Waals surface area contributed by atoms with E-state index in [1.165, 1.54) is 10.9 Å². The summed E-state index contributed by atoms with van der Waals surface area (Å²) < 4.78 is 1.98. The fraction of sp³-hybridized carbons (Fsp3) is 0.375. The lowest BCUT2D eigenvalue weighted by Crippen LogP contribution is -2.34. The number of aromatic amines is 1. The van der Waals surface area contributed by atoms with E-state index in [0.717, 1.165) is 60.8 Å². The van der Waals surface area contributed by atoms with Crippen LogP contribution in [0.15, 0.2) is 47.3 Å². The maximum Gasteiger partial charge on any atom is 0.258 e. The van der Waals surface area contributed by atoms with Gasteiger partial charge >= 0.3 is 0 Å². The van der Waals surface area contributed by atoms with Crippen molar-refractivity contribution in [3.05, 3.63) is 69.9 Å². The van der Waals surface area contributed by atoms with Gasteiger partial charge in [-0.25, -0.2) is 4.98 Å². The predicted octanol–water partition coefficient (Wildman–Crippen LogP) is 4.02. The van der Waals surface area contributed by atoms with E-state index in [4.69, 9.17) is 10.1 Å². The van der Waals surface area contributed by atoms with Crippen LogP contribution in [0.3, 0.4) is 0 Å². The number of rotatable bonds is 5. The monoisotopic (exact) mass is 433 g/mol. The van der Waals surface area contributed by atoms with Crippen LogP contribution in [0.5, 0.6) is 0 Å². The second kappa shape index (κ2) is 8.48. The van der Waals surface area contributed by atoms with Gasteiger partial charge < -0.3 is 4.98 Å². The highest BCUT2D eigenvalue weighted by molar-refractivity contribution is 7.99. The van der Waals surface area contributed by atoms with Gasteiger partial charge in [0, 0.05) is 24.2 Å². The van der Waals surface area contributed by atoms with E-state index in [1.54, 1.807) is 0 Å². The van der Waals surface area contributed by atoms with Crippen molar-refractivity contribution in [2.75, 3.05) is 13.1 Å². The summed E-state index contributed by atoms with van der Waals surface area (Å²) >= 11 is 1.91. The van der Waals surface area contributed by atoms with E-state index in [9.17, 15) is 4.79 Å². The Labute approximate surface area is 185 Å². The average Bonchev–Trinajstić information content (AvgIpc) is 3.10. The number of H-pyrrole nitrogens is 1. The predicted molar refractivity (Wildman–Crippen MR) is 127 cm³/mol. The van der Waals surface area contributed by atoms with Crippen molar-refractivity contribution in [1.82, 2.24) is 24.6 Å². The summed E-state index contributed by atoms with van der Waals surface area (Å²) in [5, 5.41) is 7.26. The van der Waals surface area contributed by atoms with Gasteiger partial charge in [0.05, 0.1) is 27.9 Å². The molecule has 160 valence electrons. The number of para-hydroxylation sites is 2. The van der Waals surface area contributed by atoms with E-state index < -0.39 is 0 Å².